The van der Waals surface area contributed by atoms with Crippen LogP contribution in [0.3, 0.4) is 0 Å². The number of hydrogen-bond donors (Lipinski definition) is 1. The number of nitrogens with one attached hydrogen (secondary N) is 1. The van der Waals surface area contributed by atoms with Crippen LogP contribution in [0.25, 0.3) is 0 Å². The first-order chi connectivity index (χ1) is 12.1. The number of thiazole rings is 1. The number of rotatable bonds is 6. The molecule has 1 aliphatic rings. The Morgan fingerprint density at radius 3 is 3.00 bits per heavy atom. The van der Waals surface area contributed by atoms with Crippen molar-refractivity contribution in [3.05, 3.63) is 46.7 Å². The highest BCUT2D eigenvalue weighted by atomic mass is 32.1. The quantitative estimate of drug-likeness (QED) is 0.861. The SMILES string of the molecule is CC(C)C(=O)N[C@H](c1nccs1)[C@H]1CCCN(Cc2cccnc2)C1. The van der Waals surface area contributed by atoms with Crippen LogP contribution in [0, 0.1) is 11.8 Å². The van der Waals surface area contributed by atoms with E-state index >= 15 is 0 Å². The Labute approximate surface area is 153 Å². The van der Waals surface area contributed by atoms with E-state index in [-0.39, 0.29) is 17.9 Å². The van der Waals surface area contributed by atoms with E-state index in [0.717, 1.165) is 37.5 Å². The second kappa shape index (κ2) is 8.54. The minimum Gasteiger partial charge on any atom is -0.346 e. The van der Waals surface area contributed by atoms with Gasteiger partial charge in [0.25, 0.3) is 0 Å². The summed E-state index contributed by atoms with van der Waals surface area (Å²) in [5.41, 5.74) is 1.24. The topological polar surface area (TPSA) is 58.1 Å². The highest BCUT2D eigenvalue weighted by Crippen LogP contribution is 2.31. The van der Waals surface area contributed by atoms with Gasteiger partial charge in [0.15, 0.2) is 0 Å². The number of piperidine rings is 1. The molecule has 0 bridgehead atoms. The molecular weight excluding hydrogens is 332 g/mol. The lowest BCUT2D eigenvalue weighted by molar-refractivity contribution is -0.125. The maximum Gasteiger partial charge on any atom is 0.223 e. The molecule has 2 aromatic rings. The summed E-state index contributed by atoms with van der Waals surface area (Å²) >= 11 is 1.63. The Morgan fingerprint density at radius 1 is 1.44 bits per heavy atom. The normalized spacial score (nSPS) is 19.7. The molecule has 0 radical (unpaired) electrons. The average Bonchev–Trinajstić information content (AvgIpc) is 3.14. The third kappa shape index (κ3) is 4.86. The van der Waals surface area contributed by atoms with Gasteiger partial charge in [0.05, 0.1) is 6.04 Å². The number of carbonyl (C=O) groups excluding carboxylic acids is 1. The van der Waals surface area contributed by atoms with E-state index in [9.17, 15) is 4.79 Å². The molecule has 134 valence electrons. The first-order valence-corrected chi connectivity index (χ1v) is 9.82. The molecule has 3 rings (SSSR count). The van der Waals surface area contributed by atoms with E-state index in [0.29, 0.717) is 5.92 Å². The largest absolute Gasteiger partial charge is 0.346 e. The summed E-state index contributed by atoms with van der Waals surface area (Å²) in [5.74, 6) is 0.474. The van der Waals surface area contributed by atoms with Crippen molar-refractivity contribution in [1.82, 2.24) is 20.2 Å². The molecule has 1 N–H and O–H groups in total. The fourth-order valence-electron chi connectivity index (χ4n) is 3.35. The summed E-state index contributed by atoms with van der Waals surface area (Å²) < 4.78 is 0. The molecule has 0 aromatic carbocycles. The minimum atomic E-state index is -0.0162. The van der Waals surface area contributed by atoms with Gasteiger partial charge in [-0.05, 0) is 36.9 Å². The van der Waals surface area contributed by atoms with Crippen LogP contribution in [-0.4, -0.2) is 33.9 Å². The fourth-order valence-corrected chi connectivity index (χ4v) is 4.13. The molecule has 2 atom stereocenters. The van der Waals surface area contributed by atoms with Gasteiger partial charge in [0, 0.05) is 43.0 Å². The van der Waals surface area contributed by atoms with Crippen molar-refractivity contribution in [3.8, 4) is 0 Å². The van der Waals surface area contributed by atoms with Gasteiger partial charge in [-0.15, -0.1) is 11.3 Å². The van der Waals surface area contributed by atoms with Crippen LogP contribution in [0.2, 0.25) is 0 Å². The van der Waals surface area contributed by atoms with E-state index in [1.165, 1.54) is 5.56 Å². The number of likely N-dealkylation sites (tertiary alicyclic amines) is 1. The van der Waals surface area contributed by atoms with Crippen molar-refractivity contribution in [2.24, 2.45) is 11.8 Å². The molecule has 6 heteroatoms. The summed E-state index contributed by atoms with van der Waals surface area (Å²) in [7, 11) is 0. The van der Waals surface area contributed by atoms with Crippen LogP contribution in [0.1, 0.15) is 43.3 Å². The second-order valence-corrected chi connectivity index (χ2v) is 7.94. The summed E-state index contributed by atoms with van der Waals surface area (Å²) in [4.78, 5) is 23.5. The second-order valence-electron chi connectivity index (χ2n) is 7.01. The predicted octanol–water partition coefficient (Wildman–Crippen LogP) is 3.26. The van der Waals surface area contributed by atoms with E-state index in [4.69, 9.17) is 0 Å². The van der Waals surface area contributed by atoms with E-state index in [2.05, 4.69) is 26.3 Å². The molecule has 0 unspecified atom stereocenters. The van der Waals surface area contributed by atoms with Gasteiger partial charge in [0.1, 0.15) is 5.01 Å². The van der Waals surface area contributed by atoms with Crippen LogP contribution in [-0.2, 0) is 11.3 Å². The fraction of sp³-hybridized carbons (Fsp3) is 0.526. The Kier molecular flexibility index (Phi) is 6.15. The van der Waals surface area contributed by atoms with Crippen LogP contribution in [0.4, 0.5) is 0 Å². The van der Waals surface area contributed by atoms with Crippen molar-refractivity contribution in [2.75, 3.05) is 13.1 Å². The maximum absolute atomic E-state index is 12.3. The number of pyridine rings is 1. The number of nitrogens with zero attached hydrogens (tertiary/aromatic N) is 3. The van der Waals surface area contributed by atoms with E-state index in [1.807, 2.05) is 43.9 Å². The third-order valence-corrected chi connectivity index (χ3v) is 5.54. The van der Waals surface area contributed by atoms with Crippen molar-refractivity contribution >= 4 is 17.2 Å². The molecule has 25 heavy (non-hydrogen) atoms. The van der Waals surface area contributed by atoms with Gasteiger partial charge in [-0.3, -0.25) is 14.7 Å². The number of hydrogen-bond acceptors (Lipinski definition) is 5. The van der Waals surface area contributed by atoms with Gasteiger partial charge in [0.2, 0.25) is 5.91 Å². The molecule has 1 aliphatic heterocycles. The number of amides is 1. The number of aromatic nitrogens is 2. The summed E-state index contributed by atoms with van der Waals surface area (Å²) in [5, 5.41) is 6.25. The Morgan fingerprint density at radius 2 is 2.32 bits per heavy atom. The molecule has 0 saturated carbocycles. The molecule has 1 fully saturated rings. The molecule has 0 aliphatic carbocycles. The van der Waals surface area contributed by atoms with Crippen LogP contribution < -0.4 is 5.32 Å². The molecule has 0 spiro atoms. The molecule has 2 aromatic heterocycles. The molecule has 3 heterocycles. The van der Waals surface area contributed by atoms with E-state index < -0.39 is 0 Å². The van der Waals surface area contributed by atoms with Crippen molar-refractivity contribution in [2.45, 2.75) is 39.3 Å². The van der Waals surface area contributed by atoms with Crippen LogP contribution in [0.5, 0.6) is 0 Å². The molecule has 1 amide bonds. The van der Waals surface area contributed by atoms with Gasteiger partial charge in [-0.1, -0.05) is 19.9 Å². The lowest BCUT2D eigenvalue weighted by Crippen LogP contribution is -2.43. The first-order valence-electron chi connectivity index (χ1n) is 8.94. The van der Waals surface area contributed by atoms with Gasteiger partial charge < -0.3 is 5.32 Å². The smallest absolute Gasteiger partial charge is 0.223 e. The Hall–Kier alpha value is -1.79. The van der Waals surface area contributed by atoms with Gasteiger partial charge in [-0.2, -0.15) is 0 Å². The lowest BCUT2D eigenvalue weighted by Gasteiger charge is -2.36. The summed E-state index contributed by atoms with van der Waals surface area (Å²) in [6, 6.07) is 4.11. The van der Waals surface area contributed by atoms with Crippen molar-refractivity contribution < 1.29 is 4.79 Å². The zero-order valence-corrected chi connectivity index (χ0v) is 15.7. The standard InChI is InChI=1S/C19H26N4OS/c1-14(2)18(24)22-17(19-21-8-10-25-19)16-6-4-9-23(13-16)12-15-5-3-7-20-11-15/h3,5,7-8,10-11,14,16-17H,4,6,9,12-13H2,1-2H3,(H,22,24)/t16-,17-/m0/s1. The number of carbonyl (C=O) groups is 1. The van der Waals surface area contributed by atoms with Crippen LogP contribution in [0.15, 0.2) is 36.1 Å². The molecule has 5 nitrogen and oxygen atoms in total. The molecular formula is C19H26N4OS. The van der Waals surface area contributed by atoms with E-state index in [1.54, 1.807) is 11.3 Å². The average molecular weight is 359 g/mol. The zero-order chi connectivity index (χ0) is 17.6. The highest BCUT2D eigenvalue weighted by molar-refractivity contribution is 7.09. The van der Waals surface area contributed by atoms with Crippen LogP contribution >= 0.6 is 11.3 Å². The lowest BCUT2D eigenvalue weighted by atomic mass is 9.90. The Balaban J connectivity index is 1.70. The Bertz CT molecular complexity index is 659. The third-order valence-electron chi connectivity index (χ3n) is 4.68. The first kappa shape index (κ1) is 18.0. The summed E-state index contributed by atoms with van der Waals surface area (Å²) in [6.07, 6.45) is 7.83. The summed E-state index contributed by atoms with van der Waals surface area (Å²) in [6.45, 7) is 6.84. The highest BCUT2D eigenvalue weighted by Gasteiger charge is 2.31. The van der Waals surface area contributed by atoms with Gasteiger partial charge in [-0.25, -0.2) is 4.98 Å². The maximum atomic E-state index is 12.3. The minimum absolute atomic E-state index is 0.00611. The predicted molar refractivity (Wildman–Crippen MR) is 100 cm³/mol. The zero-order valence-electron chi connectivity index (χ0n) is 14.9. The molecule has 1 saturated heterocycles. The van der Waals surface area contributed by atoms with Crippen molar-refractivity contribution in [1.29, 1.82) is 0 Å². The monoisotopic (exact) mass is 358 g/mol. The van der Waals surface area contributed by atoms with Gasteiger partial charge >= 0.3 is 0 Å². The van der Waals surface area contributed by atoms with Crippen molar-refractivity contribution in [3.63, 3.8) is 0 Å².